The SMILES string of the molecule is CCN1CCCC1CN=C(N)NCC1CCCCN1Cc1ccccc1. The fourth-order valence-electron chi connectivity index (χ4n) is 4.32. The predicted molar refractivity (Wildman–Crippen MR) is 109 cm³/mol. The molecule has 0 radical (unpaired) electrons. The number of benzene rings is 1. The quantitative estimate of drug-likeness (QED) is 0.581. The Bertz CT molecular complexity index is 559. The maximum Gasteiger partial charge on any atom is 0.188 e. The fourth-order valence-corrected chi connectivity index (χ4v) is 4.32. The van der Waals surface area contributed by atoms with E-state index in [1.54, 1.807) is 0 Å². The third kappa shape index (κ3) is 5.45. The molecule has 26 heavy (non-hydrogen) atoms. The minimum atomic E-state index is 0.538. The minimum absolute atomic E-state index is 0.538. The van der Waals surface area contributed by atoms with Crippen molar-refractivity contribution in [2.45, 2.75) is 57.7 Å². The van der Waals surface area contributed by atoms with Gasteiger partial charge in [-0.15, -0.1) is 0 Å². The molecule has 0 aliphatic carbocycles. The van der Waals surface area contributed by atoms with Crippen LogP contribution in [0.25, 0.3) is 0 Å². The molecule has 2 heterocycles. The van der Waals surface area contributed by atoms with E-state index in [0.717, 1.165) is 26.2 Å². The molecular weight excluding hydrogens is 322 g/mol. The number of likely N-dealkylation sites (tertiary alicyclic amines) is 2. The highest BCUT2D eigenvalue weighted by Gasteiger charge is 2.23. The molecule has 5 heteroatoms. The van der Waals surface area contributed by atoms with Gasteiger partial charge in [-0.25, -0.2) is 0 Å². The largest absolute Gasteiger partial charge is 0.370 e. The van der Waals surface area contributed by atoms with Crippen LogP contribution in [0.2, 0.25) is 0 Å². The second-order valence-electron chi connectivity index (χ2n) is 7.64. The van der Waals surface area contributed by atoms with Crippen LogP contribution in [0, 0.1) is 0 Å². The maximum absolute atomic E-state index is 6.16. The molecular formula is C21H35N5. The van der Waals surface area contributed by atoms with Crippen LogP contribution in [0.15, 0.2) is 35.3 Å². The molecule has 0 amide bonds. The highest BCUT2D eigenvalue weighted by molar-refractivity contribution is 5.77. The minimum Gasteiger partial charge on any atom is -0.370 e. The molecule has 0 spiro atoms. The van der Waals surface area contributed by atoms with Gasteiger partial charge in [-0.2, -0.15) is 0 Å². The summed E-state index contributed by atoms with van der Waals surface area (Å²) in [5.74, 6) is 0.609. The van der Waals surface area contributed by atoms with Crippen LogP contribution < -0.4 is 11.1 Å². The van der Waals surface area contributed by atoms with Crippen molar-refractivity contribution in [2.24, 2.45) is 10.7 Å². The number of nitrogens with two attached hydrogens (primary N) is 1. The lowest BCUT2D eigenvalue weighted by molar-refractivity contribution is 0.141. The Hall–Kier alpha value is -1.59. The van der Waals surface area contributed by atoms with Crippen LogP contribution in [0.1, 0.15) is 44.6 Å². The van der Waals surface area contributed by atoms with E-state index in [0.29, 0.717) is 18.0 Å². The van der Waals surface area contributed by atoms with E-state index in [2.05, 4.69) is 57.4 Å². The lowest BCUT2D eigenvalue weighted by Crippen LogP contribution is -2.48. The number of rotatable bonds is 7. The van der Waals surface area contributed by atoms with Crippen molar-refractivity contribution in [1.82, 2.24) is 15.1 Å². The Balaban J connectivity index is 1.47. The first-order valence-corrected chi connectivity index (χ1v) is 10.3. The van der Waals surface area contributed by atoms with Gasteiger partial charge in [0.15, 0.2) is 5.96 Å². The molecule has 144 valence electrons. The molecule has 2 aliphatic rings. The van der Waals surface area contributed by atoms with Crippen molar-refractivity contribution in [1.29, 1.82) is 0 Å². The fraction of sp³-hybridized carbons (Fsp3) is 0.667. The average Bonchev–Trinajstić information content (AvgIpc) is 3.14. The summed E-state index contributed by atoms with van der Waals surface area (Å²) in [5.41, 5.74) is 7.55. The number of aliphatic imine (C=N–C) groups is 1. The van der Waals surface area contributed by atoms with Crippen molar-refractivity contribution in [3.63, 3.8) is 0 Å². The highest BCUT2D eigenvalue weighted by atomic mass is 15.2. The zero-order chi connectivity index (χ0) is 18.2. The van der Waals surface area contributed by atoms with E-state index in [-0.39, 0.29) is 0 Å². The van der Waals surface area contributed by atoms with Crippen molar-refractivity contribution < 1.29 is 0 Å². The monoisotopic (exact) mass is 357 g/mol. The van der Waals surface area contributed by atoms with Gasteiger partial charge in [-0.1, -0.05) is 43.7 Å². The first kappa shape index (κ1) is 19.2. The van der Waals surface area contributed by atoms with Crippen LogP contribution in [0.5, 0.6) is 0 Å². The van der Waals surface area contributed by atoms with E-state index in [1.165, 1.54) is 50.8 Å². The Morgan fingerprint density at radius 2 is 1.85 bits per heavy atom. The maximum atomic E-state index is 6.16. The number of nitrogens with one attached hydrogen (secondary N) is 1. The Kier molecular flexibility index (Phi) is 7.32. The summed E-state index contributed by atoms with van der Waals surface area (Å²) in [4.78, 5) is 9.73. The third-order valence-corrected chi connectivity index (χ3v) is 5.87. The van der Waals surface area contributed by atoms with Crippen molar-refractivity contribution >= 4 is 5.96 Å². The lowest BCUT2D eigenvalue weighted by Gasteiger charge is -2.36. The molecule has 3 N–H and O–H groups in total. The average molecular weight is 358 g/mol. The summed E-state index contributed by atoms with van der Waals surface area (Å²) in [6.07, 6.45) is 6.37. The molecule has 1 aromatic carbocycles. The van der Waals surface area contributed by atoms with Gasteiger partial charge < -0.3 is 11.1 Å². The van der Waals surface area contributed by atoms with E-state index < -0.39 is 0 Å². The first-order chi connectivity index (χ1) is 12.8. The van der Waals surface area contributed by atoms with Crippen LogP contribution in [0.3, 0.4) is 0 Å². The van der Waals surface area contributed by atoms with Crippen molar-refractivity contribution in [2.75, 3.05) is 32.7 Å². The van der Waals surface area contributed by atoms with Crippen molar-refractivity contribution in [3.8, 4) is 0 Å². The molecule has 3 rings (SSSR count). The van der Waals surface area contributed by atoms with Crippen molar-refractivity contribution in [3.05, 3.63) is 35.9 Å². The predicted octanol–water partition coefficient (Wildman–Crippen LogP) is 2.43. The Morgan fingerprint density at radius 1 is 1.08 bits per heavy atom. The van der Waals surface area contributed by atoms with Crippen LogP contribution in [-0.2, 0) is 6.54 Å². The van der Waals surface area contributed by atoms with E-state index in [4.69, 9.17) is 5.73 Å². The van der Waals surface area contributed by atoms with Crippen LogP contribution in [0.4, 0.5) is 0 Å². The second-order valence-corrected chi connectivity index (χ2v) is 7.64. The first-order valence-electron chi connectivity index (χ1n) is 10.3. The van der Waals surface area contributed by atoms with Crippen LogP contribution >= 0.6 is 0 Å². The number of nitrogens with zero attached hydrogens (tertiary/aromatic N) is 3. The van der Waals surface area contributed by atoms with Gasteiger partial charge in [0.05, 0.1) is 6.54 Å². The zero-order valence-electron chi connectivity index (χ0n) is 16.2. The number of guanidine groups is 1. The molecule has 0 bridgehead atoms. The molecule has 1 aromatic rings. The summed E-state index contributed by atoms with van der Waals surface area (Å²) >= 11 is 0. The molecule has 2 unspecified atom stereocenters. The molecule has 2 fully saturated rings. The smallest absolute Gasteiger partial charge is 0.188 e. The zero-order valence-corrected chi connectivity index (χ0v) is 16.2. The normalized spacial score (nSPS) is 25.5. The van der Waals surface area contributed by atoms with Crippen LogP contribution in [-0.4, -0.2) is 60.6 Å². The number of piperidine rings is 1. The number of hydrogen-bond acceptors (Lipinski definition) is 3. The van der Waals surface area contributed by atoms with Gasteiger partial charge in [0.1, 0.15) is 0 Å². The lowest BCUT2D eigenvalue weighted by atomic mass is 10.0. The van der Waals surface area contributed by atoms with Gasteiger partial charge in [0.2, 0.25) is 0 Å². The highest BCUT2D eigenvalue weighted by Crippen LogP contribution is 2.19. The number of likely N-dealkylation sites (N-methyl/N-ethyl adjacent to an activating group) is 1. The second kappa shape index (κ2) is 9.93. The summed E-state index contributed by atoms with van der Waals surface area (Å²) in [5, 5.41) is 3.39. The van der Waals surface area contributed by atoms with E-state index in [1.807, 2.05) is 0 Å². The summed E-state index contributed by atoms with van der Waals surface area (Å²) in [6, 6.07) is 11.9. The molecule has 0 aromatic heterocycles. The number of hydrogen-bond donors (Lipinski definition) is 2. The van der Waals surface area contributed by atoms with Gasteiger partial charge in [0.25, 0.3) is 0 Å². The van der Waals surface area contributed by atoms with E-state index >= 15 is 0 Å². The summed E-state index contributed by atoms with van der Waals surface area (Å²) < 4.78 is 0. The summed E-state index contributed by atoms with van der Waals surface area (Å²) in [6.45, 7) is 8.47. The Labute approximate surface area is 158 Å². The Morgan fingerprint density at radius 3 is 2.65 bits per heavy atom. The topological polar surface area (TPSA) is 56.9 Å². The molecule has 2 saturated heterocycles. The third-order valence-electron chi connectivity index (χ3n) is 5.87. The summed E-state index contributed by atoms with van der Waals surface area (Å²) in [7, 11) is 0. The molecule has 5 nitrogen and oxygen atoms in total. The van der Waals surface area contributed by atoms with Gasteiger partial charge in [-0.05, 0) is 50.9 Å². The molecule has 2 atom stereocenters. The van der Waals surface area contributed by atoms with Gasteiger partial charge in [0, 0.05) is 25.2 Å². The van der Waals surface area contributed by atoms with Gasteiger partial charge in [-0.3, -0.25) is 14.8 Å². The standard InChI is InChI=1S/C21H35N5/c1-2-25-14-8-12-19(25)15-23-21(22)24-16-20-11-6-7-13-26(20)17-18-9-4-3-5-10-18/h3-5,9-10,19-20H,2,6-8,11-17H2,1H3,(H3,22,23,24). The van der Waals surface area contributed by atoms with Gasteiger partial charge >= 0.3 is 0 Å². The molecule has 2 aliphatic heterocycles. The molecule has 0 saturated carbocycles. The van der Waals surface area contributed by atoms with E-state index in [9.17, 15) is 0 Å².